The average molecular weight is 390 g/mol. The van der Waals surface area contributed by atoms with E-state index in [2.05, 4.69) is 20.0 Å². The molecule has 2 heterocycles. The van der Waals surface area contributed by atoms with Gasteiger partial charge in [0.25, 0.3) is 0 Å². The van der Waals surface area contributed by atoms with E-state index in [1.807, 2.05) is 66.9 Å². The smallest absolute Gasteiger partial charge is 0.236 e. The highest BCUT2D eigenvalue weighted by Crippen LogP contribution is 2.29. The zero-order chi connectivity index (χ0) is 19.3. The lowest BCUT2D eigenvalue weighted by Crippen LogP contribution is -2.14. The Balaban J connectivity index is 1.58. The second kappa shape index (κ2) is 8.14. The number of nitrogens with one attached hydrogen (secondary N) is 1. The highest BCUT2D eigenvalue weighted by molar-refractivity contribution is 7.99. The van der Waals surface area contributed by atoms with Gasteiger partial charge in [-0.15, -0.1) is 0 Å². The first-order chi connectivity index (χ1) is 13.7. The van der Waals surface area contributed by atoms with E-state index in [4.69, 9.17) is 4.52 Å². The van der Waals surface area contributed by atoms with Gasteiger partial charge in [0.15, 0.2) is 11.0 Å². The van der Waals surface area contributed by atoms with Crippen LogP contribution in [0.15, 0.2) is 82.6 Å². The first-order valence-electron chi connectivity index (χ1n) is 8.75. The Kier molecular flexibility index (Phi) is 5.25. The maximum absolute atomic E-state index is 12.3. The largest absolute Gasteiger partial charge is 0.360 e. The van der Waals surface area contributed by atoms with E-state index >= 15 is 0 Å². The van der Waals surface area contributed by atoms with Crippen molar-refractivity contribution >= 4 is 23.5 Å². The lowest BCUT2D eigenvalue weighted by atomic mass is 10.1. The molecule has 2 aromatic carbocycles. The lowest BCUT2D eigenvalue weighted by Gasteiger charge is -2.12. The van der Waals surface area contributed by atoms with Crippen molar-refractivity contribution in [1.29, 1.82) is 0 Å². The molecule has 0 bridgehead atoms. The fourth-order valence-electron chi connectivity index (χ4n) is 2.81. The molecule has 0 aliphatic heterocycles. The topological polar surface area (TPSA) is 73.0 Å². The summed E-state index contributed by atoms with van der Waals surface area (Å²) < 4.78 is 7.03. The van der Waals surface area contributed by atoms with Gasteiger partial charge in [-0.2, -0.15) is 0 Å². The molecule has 0 saturated heterocycles. The Morgan fingerprint density at radius 3 is 2.50 bits per heavy atom. The van der Waals surface area contributed by atoms with Gasteiger partial charge in [-0.1, -0.05) is 65.4 Å². The van der Waals surface area contributed by atoms with Crippen LogP contribution in [0, 0.1) is 6.92 Å². The Morgan fingerprint density at radius 2 is 1.82 bits per heavy atom. The third kappa shape index (κ3) is 3.99. The number of rotatable bonds is 6. The molecule has 0 unspecified atom stereocenters. The number of carbonyl (C=O) groups excluding carboxylic acids is 1. The van der Waals surface area contributed by atoms with Crippen molar-refractivity contribution in [2.45, 2.75) is 12.1 Å². The summed E-state index contributed by atoms with van der Waals surface area (Å²) in [5.74, 6) is 1.11. The molecule has 0 fully saturated rings. The molecule has 140 valence electrons. The van der Waals surface area contributed by atoms with Crippen LogP contribution in [0.5, 0.6) is 0 Å². The molecular weight excluding hydrogens is 372 g/mol. The van der Waals surface area contributed by atoms with Crippen LogP contribution in [0.4, 0.5) is 5.82 Å². The molecule has 1 amide bonds. The molecule has 0 aliphatic carbocycles. The Bertz CT molecular complexity index is 1070. The summed E-state index contributed by atoms with van der Waals surface area (Å²) in [6.07, 6.45) is 1.84. The molecule has 6 nitrogen and oxygen atoms in total. The number of anilines is 1. The van der Waals surface area contributed by atoms with Crippen molar-refractivity contribution in [2.24, 2.45) is 0 Å². The second-order valence-corrected chi connectivity index (χ2v) is 7.07. The minimum absolute atomic E-state index is 0.165. The van der Waals surface area contributed by atoms with Gasteiger partial charge in [0, 0.05) is 17.3 Å². The van der Waals surface area contributed by atoms with Crippen LogP contribution in [0.3, 0.4) is 0 Å². The van der Waals surface area contributed by atoms with Gasteiger partial charge in [0.2, 0.25) is 5.91 Å². The SMILES string of the molecule is Cc1cc(NC(=O)CSc2ncc(-c3ccccc3)n2-c2ccccc2)no1. The van der Waals surface area contributed by atoms with Crippen molar-refractivity contribution in [3.63, 3.8) is 0 Å². The number of hydrogen-bond donors (Lipinski definition) is 1. The number of para-hydroxylation sites is 1. The molecule has 0 saturated carbocycles. The van der Waals surface area contributed by atoms with Crippen LogP contribution in [0.2, 0.25) is 0 Å². The summed E-state index contributed by atoms with van der Waals surface area (Å²) in [5.41, 5.74) is 3.03. The van der Waals surface area contributed by atoms with Gasteiger partial charge in [0.05, 0.1) is 17.6 Å². The molecule has 0 radical (unpaired) electrons. The summed E-state index contributed by atoms with van der Waals surface area (Å²) in [5, 5.41) is 7.26. The van der Waals surface area contributed by atoms with Crippen LogP contribution >= 0.6 is 11.8 Å². The number of imidazole rings is 1. The zero-order valence-corrected chi connectivity index (χ0v) is 16.0. The van der Waals surface area contributed by atoms with E-state index in [9.17, 15) is 4.79 Å². The molecule has 2 aromatic heterocycles. The van der Waals surface area contributed by atoms with Crippen LogP contribution in [0.25, 0.3) is 16.9 Å². The fraction of sp³-hybridized carbons (Fsp3) is 0.0952. The van der Waals surface area contributed by atoms with E-state index in [1.165, 1.54) is 11.8 Å². The van der Waals surface area contributed by atoms with Gasteiger partial charge in [-0.3, -0.25) is 9.36 Å². The molecule has 4 rings (SSSR count). The van der Waals surface area contributed by atoms with Gasteiger partial charge in [-0.25, -0.2) is 4.98 Å². The maximum Gasteiger partial charge on any atom is 0.236 e. The number of benzene rings is 2. The Morgan fingerprint density at radius 1 is 1.11 bits per heavy atom. The van der Waals surface area contributed by atoms with Crippen molar-refractivity contribution < 1.29 is 9.32 Å². The number of aromatic nitrogens is 3. The first-order valence-corrected chi connectivity index (χ1v) is 9.74. The molecule has 0 spiro atoms. The summed E-state index contributed by atoms with van der Waals surface area (Å²) >= 11 is 1.37. The van der Waals surface area contributed by atoms with E-state index in [-0.39, 0.29) is 11.7 Å². The zero-order valence-electron chi connectivity index (χ0n) is 15.2. The molecule has 7 heteroatoms. The number of aryl methyl sites for hydroxylation is 1. The predicted octanol–water partition coefficient (Wildman–Crippen LogP) is 4.57. The highest BCUT2D eigenvalue weighted by atomic mass is 32.2. The van der Waals surface area contributed by atoms with Crippen LogP contribution < -0.4 is 5.32 Å². The fourth-order valence-corrected chi connectivity index (χ4v) is 3.60. The summed E-state index contributed by atoms with van der Waals surface area (Å²) in [6, 6.07) is 21.7. The van der Waals surface area contributed by atoms with Crippen molar-refractivity contribution in [2.75, 3.05) is 11.1 Å². The van der Waals surface area contributed by atoms with Crippen molar-refractivity contribution in [3.05, 3.63) is 78.7 Å². The standard InChI is InChI=1S/C21H18N4O2S/c1-15-12-19(24-27-15)23-20(26)14-28-21-22-13-18(16-8-4-2-5-9-16)25(21)17-10-6-3-7-11-17/h2-13H,14H2,1H3,(H,23,24,26). The number of hydrogen-bond acceptors (Lipinski definition) is 5. The van der Waals surface area contributed by atoms with E-state index in [1.54, 1.807) is 13.0 Å². The molecule has 28 heavy (non-hydrogen) atoms. The average Bonchev–Trinajstić information content (AvgIpc) is 3.33. The van der Waals surface area contributed by atoms with E-state index < -0.39 is 0 Å². The number of carbonyl (C=O) groups is 1. The van der Waals surface area contributed by atoms with Gasteiger partial charge in [0.1, 0.15) is 5.76 Å². The van der Waals surface area contributed by atoms with Crippen molar-refractivity contribution in [1.82, 2.24) is 14.7 Å². The summed E-state index contributed by atoms with van der Waals surface area (Å²) in [4.78, 5) is 16.8. The monoisotopic (exact) mass is 390 g/mol. The maximum atomic E-state index is 12.3. The van der Waals surface area contributed by atoms with Gasteiger partial charge in [-0.05, 0) is 19.1 Å². The van der Waals surface area contributed by atoms with E-state index in [0.29, 0.717) is 11.6 Å². The normalized spacial score (nSPS) is 10.8. The molecular formula is C21H18N4O2S. The summed E-state index contributed by atoms with van der Waals surface area (Å²) in [7, 11) is 0. The first kappa shape index (κ1) is 18.1. The van der Waals surface area contributed by atoms with Crippen LogP contribution in [0.1, 0.15) is 5.76 Å². The van der Waals surface area contributed by atoms with Gasteiger partial charge >= 0.3 is 0 Å². The minimum Gasteiger partial charge on any atom is -0.360 e. The van der Waals surface area contributed by atoms with Crippen LogP contribution in [-0.2, 0) is 4.79 Å². The Labute approximate surface area is 166 Å². The number of thioether (sulfide) groups is 1. The lowest BCUT2D eigenvalue weighted by molar-refractivity contribution is -0.113. The minimum atomic E-state index is -0.165. The van der Waals surface area contributed by atoms with Gasteiger partial charge < -0.3 is 9.84 Å². The molecule has 1 N–H and O–H groups in total. The Hall–Kier alpha value is -3.32. The van der Waals surface area contributed by atoms with E-state index in [0.717, 1.165) is 22.1 Å². The quantitative estimate of drug-likeness (QED) is 0.488. The third-order valence-electron chi connectivity index (χ3n) is 4.04. The molecule has 0 aliphatic rings. The third-order valence-corrected chi connectivity index (χ3v) is 4.99. The number of amides is 1. The van der Waals surface area contributed by atoms with Crippen molar-refractivity contribution in [3.8, 4) is 16.9 Å². The predicted molar refractivity (Wildman–Crippen MR) is 110 cm³/mol. The highest BCUT2D eigenvalue weighted by Gasteiger charge is 2.15. The second-order valence-electron chi connectivity index (χ2n) is 6.12. The summed E-state index contributed by atoms with van der Waals surface area (Å²) in [6.45, 7) is 1.78. The molecule has 0 atom stereocenters. The number of nitrogens with zero attached hydrogens (tertiary/aromatic N) is 3. The molecule has 4 aromatic rings. The van der Waals surface area contributed by atoms with Crippen LogP contribution in [-0.4, -0.2) is 26.4 Å².